The Kier molecular flexibility index (Phi) is 5.27. The van der Waals surface area contributed by atoms with E-state index in [9.17, 15) is 4.79 Å². The Hall–Kier alpha value is -2.91. The zero-order valence-electron chi connectivity index (χ0n) is 14.9. The average molecular weight is 414 g/mol. The molecule has 28 heavy (non-hydrogen) atoms. The van der Waals surface area contributed by atoms with Crippen molar-refractivity contribution < 1.29 is 0 Å². The Bertz CT molecular complexity index is 1130. The summed E-state index contributed by atoms with van der Waals surface area (Å²) in [6.07, 6.45) is 0. The van der Waals surface area contributed by atoms with Gasteiger partial charge in [-0.15, -0.1) is 10.2 Å². The summed E-state index contributed by atoms with van der Waals surface area (Å²) in [4.78, 5) is 12.7. The van der Waals surface area contributed by atoms with Gasteiger partial charge < -0.3 is 0 Å². The van der Waals surface area contributed by atoms with E-state index >= 15 is 0 Å². The van der Waals surface area contributed by atoms with E-state index in [0.717, 1.165) is 16.6 Å². The number of rotatable bonds is 6. The molecule has 0 bridgehead atoms. The number of para-hydroxylation sites is 1. The molecule has 0 radical (unpaired) electrons. The fourth-order valence-electron chi connectivity index (χ4n) is 2.71. The molecule has 0 N–H and O–H groups in total. The molecule has 0 fully saturated rings. The number of tetrazole rings is 1. The standard InChI is InChI=1S/C18H16ClN7OS/c1-2-28-17-21-20-16(25(17)14-6-4-3-5-7-14)12-24-18(27)26(23-22-24)15-10-8-13(19)9-11-15/h3-11H,2,12H2,1H3. The number of aromatic nitrogens is 7. The molecule has 4 rings (SSSR count). The SMILES string of the molecule is CCSc1nnc(Cn2nnn(-c3ccc(Cl)cc3)c2=O)n1-c1ccccc1. The van der Waals surface area contributed by atoms with E-state index in [1.54, 1.807) is 36.0 Å². The number of benzene rings is 2. The van der Waals surface area contributed by atoms with Crippen molar-refractivity contribution in [1.82, 2.24) is 34.6 Å². The van der Waals surface area contributed by atoms with Crippen LogP contribution in [0, 0.1) is 0 Å². The summed E-state index contributed by atoms with van der Waals surface area (Å²) in [5.74, 6) is 1.46. The van der Waals surface area contributed by atoms with E-state index < -0.39 is 0 Å². The predicted molar refractivity (Wildman–Crippen MR) is 107 cm³/mol. The summed E-state index contributed by atoms with van der Waals surface area (Å²) in [5.41, 5.74) is 1.15. The maximum atomic E-state index is 12.7. The highest BCUT2D eigenvalue weighted by Crippen LogP contribution is 2.22. The van der Waals surface area contributed by atoms with Gasteiger partial charge in [-0.1, -0.05) is 48.5 Å². The van der Waals surface area contributed by atoms with Crippen LogP contribution in [-0.2, 0) is 6.54 Å². The molecular formula is C18H16ClN7OS. The normalized spacial score (nSPS) is 11.1. The van der Waals surface area contributed by atoms with Crippen LogP contribution in [0.15, 0.2) is 64.5 Å². The van der Waals surface area contributed by atoms with E-state index in [4.69, 9.17) is 11.6 Å². The largest absolute Gasteiger partial charge is 0.368 e. The molecule has 0 aliphatic carbocycles. The van der Waals surface area contributed by atoms with Gasteiger partial charge in [-0.05, 0) is 52.6 Å². The average Bonchev–Trinajstić information content (AvgIpc) is 3.28. The second-order valence-electron chi connectivity index (χ2n) is 5.81. The van der Waals surface area contributed by atoms with E-state index in [0.29, 0.717) is 16.5 Å². The van der Waals surface area contributed by atoms with Gasteiger partial charge in [-0.3, -0.25) is 4.57 Å². The lowest BCUT2D eigenvalue weighted by Gasteiger charge is -2.09. The molecule has 8 nitrogen and oxygen atoms in total. The Morgan fingerprint density at radius 2 is 1.71 bits per heavy atom. The molecule has 0 spiro atoms. The molecule has 0 unspecified atom stereocenters. The number of thioether (sulfide) groups is 1. The van der Waals surface area contributed by atoms with Crippen molar-refractivity contribution in [2.45, 2.75) is 18.6 Å². The van der Waals surface area contributed by atoms with Crippen molar-refractivity contribution >= 4 is 23.4 Å². The van der Waals surface area contributed by atoms with Gasteiger partial charge in [0, 0.05) is 10.7 Å². The number of hydrogen-bond acceptors (Lipinski definition) is 6. The van der Waals surface area contributed by atoms with Gasteiger partial charge in [-0.2, -0.15) is 9.36 Å². The first-order chi connectivity index (χ1) is 13.7. The van der Waals surface area contributed by atoms with Crippen LogP contribution in [0.5, 0.6) is 0 Å². The Balaban J connectivity index is 1.71. The fraction of sp³-hybridized carbons (Fsp3) is 0.167. The second kappa shape index (κ2) is 7.99. The minimum absolute atomic E-state index is 0.151. The molecule has 0 aliphatic rings. The fourth-order valence-corrected chi connectivity index (χ4v) is 3.54. The summed E-state index contributed by atoms with van der Waals surface area (Å²) >= 11 is 7.49. The first-order valence-corrected chi connectivity index (χ1v) is 9.95. The zero-order chi connectivity index (χ0) is 19.5. The van der Waals surface area contributed by atoms with E-state index in [2.05, 4.69) is 27.5 Å². The Labute approximate surface area is 169 Å². The molecule has 0 amide bonds. The molecule has 4 aromatic rings. The lowest BCUT2D eigenvalue weighted by Crippen LogP contribution is -2.25. The molecule has 2 aromatic carbocycles. The third kappa shape index (κ3) is 3.58. The molecular weight excluding hydrogens is 398 g/mol. The number of nitrogens with zero attached hydrogens (tertiary/aromatic N) is 7. The molecule has 0 atom stereocenters. The van der Waals surface area contributed by atoms with E-state index in [1.165, 1.54) is 9.36 Å². The van der Waals surface area contributed by atoms with Crippen LogP contribution in [0.4, 0.5) is 0 Å². The summed E-state index contributed by atoms with van der Waals surface area (Å²) in [6, 6.07) is 16.6. The Morgan fingerprint density at radius 1 is 0.964 bits per heavy atom. The maximum Gasteiger partial charge on any atom is 0.368 e. The Morgan fingerprint density at radius 3 is 2.43 bits per heavy atom. The minimum Gasteiger partial charge on any atom is -0.272 e. The lowest BCUT2D eigenvalue weighted by atomic mass is 10.3. The third-order valence-corrected chi connectivity index (χ3v) is 5.05. The van der Waals surface area contributed by atoms with Crippen molar-refractivity contribution in [3.05, 3.63) is 75.9 Å². The molecule has 10 heteroatoms. The van der Waals surface area contributed by atoms with Gasteiger partial charge in [0.05, 0.1) is 5.69 Å². The summed E-state index contributed by atoms with van der Waals surface area (Å²) in [5, 5.41) is 17.9. The van der Waals surface area contributed by atoms with Crippen LogP contribution in [0.1, 0.15) is 12.7 Å². The third-order valence-electron chi connectivity index (χ3n) is 3.99. The van der Waals surface area contributed by atoms with Gasteiger partial charge in [0.25, 0.3) is 0 Å². The molecule has 2 heterocycles. The van der Waals surface area contributed by atoms with Crippen LogP contribution in [-0.4, -0.2) is 40.3 Å². The molecule has 0 aliphatic heterocycles. The smallest absolute Gasteiger partial charge is 0.272 e. The highest BCUT2D eigenvalue weighted by molar-refractivity contribution is 7.99. The van der Waals surface area contributed by atoms with Crippen molar-refractivity contribution in [2.24, 2.45) is 0 Å². The van der Waals surface area contributed by atoms with Crippen molar-refractivity contribution in [3.63, 3.8) is 0 Å². The van der Waals surface area contributed by atoms with Gasteiger partial charge >= 0.3 is 5.69 Å². The highest BCUT2D eigenvalue weighted by Gasteiger charge is 2.17. The minimum atomic E-state index is -0.366. The van der Waals surface area contributed by atoms with Gasteiger partial charge in [-0.25, -0.2) is 4.79 Å². The molecule has 142 valence electrons. The van der Waals surface area contributed by atoms with Crippen molar-refractivity contribution in [2.75, 3.05) is 5.75 Å². The van der Waals surface area contributed by atoms with Crippen LogP contribution < -0.4 is 5.69 Å². The maximum absolute atomic E-state index is 12.7. The summed E-state index contributed by atoms with van der Waals surface area (Å²) in [7, 11) is 0. The van der Waals surface area contributed by atoms with Crippen LogP contribution in [0.3, 0.4) is 0 Å². The number of halogens is 1. The van der Waals surface area contributed by atoms with Crippen LogP contribution >= 0.6 is 23.4 Å². The lowest BCUT2D eigenvalue weighted by molar-refractivity contribution is 0.598. The van der Waals surface area contributed by atoms with Gasteiger partial charge in [0.1, 0.15) is 6.54 Å². The first kappa shape index (κ1) is 18.5. The monoisotopic (exact) mass is 413 g/mol. The predicted octanol–water partition coefficient (Wildman–Crippen LogP) is 2.82. The van der Waals surface area contributed by atoms with Gasteiger partial charge in [0.15, 0.2) is 11.0 Å². The first-order valence-electron chi connectivity index (χ1n) is 8.58. The van der Waals surface area contributed by atoms with Crippen molar-refractivity contribution in [1.29, 1.82) is 0 Å². The van der Waals surface area contributed by atoms with Crippen LogP contribution in [0.2, 0.25) is 5.02 Å². The summed E-state index contributed by atoms with van der Waals surface area (Å²) < 4.78 is 4.42. The second-order valence-corrected chi connectivity index (χ2v) is 7.48. The van der Waals surface area contributed by atoms with Crippen LogP contribution in [0.25, 0.3) is 11.4 Å². The van der Waals surface area contributed by atoms with Crippen molar-refractivity contribution in [3.8, 4) is 11.4 Å². The molecule has 2 aromatic heterocycles. The quantitative estimate of drug-likeness (QED) is 0.452. The topological polar surface area (TPSA) is 83.4 Å². The zero-order valence-corrected chi connectivity index (χ0v) is 16.5. The molecule has 0 saturated carbocycles. The summed E-state index contributed by atoms with van der Waals surface area (Å²) in [6.45, 7) is 2.20. The van der Waals surface area contributed by atoms with E-state index in [-0.39, 0.29) is 12.2 Å². The number of hydrogen-bond donors (Lipinski definition) is 0. The highest BCUT2D eigenvalue weighted by atomic mass is 35.5. The van der Waals surface area contributed by atoms with E-state index in [1.807, 2.05) is 34.9 Å². The van der Waals surface area contributed by atoms with Gasteiger partial charge in [0.2, 0.25) is 0 Å². The molecule has 0 saturated heterocycles.